The molecule has 0 aromatic carbocycles. The first kappa shape index (κ1) is 13.2. The third-order valence-corrected chi connectivity index (χ3v) is 4.18. The first-order chi connectivity index (χ1) is 8.31. The molecule has 1 aliphatic rings. The van der Waals surface area contributed by atoms with Gasteiger partial charge >= 0.3 is 0 Å². The Hall–Kier alpha value is -0.230. The van der Waals surface area contributed by atoms with Crippen molar-refractivity contribution >= 4 is 23.1 Å². The summed E-state index contributed by atoms with van der Waals surface area (Å²) in [6, 6.07) is 0.661. The summed E-state index contributed by atoms with van der Waals surface area (Å²) in [6.07, 6.45) is 3.60. The van der Waals surface area contributed by atoms with Crippen molar-refractivity contribution in [3.05, 3.63) is 10.0 Å². The van der Waals surface area contributed by atoms with Crippen LogP contribution in [0.15, 0.2) is 0 Å². The van der Waals surface area contributed by atoms with Crippen molar-refractivity contribution in [2.24, 2.45) is 0 Å². The molecule has 1 N–H and O–H groups in total. The molecule has 0 radical (unpaired) electrons. The largest absolute Gasteiger partial charge is 0.317 e. The lowest BCUT2D eigenvalue weighted by atomic mass is 10.0. The highest BCUT2D eigenvalue weighted by atomic mass is 35.5. The van der Waals surface area contributed by atoms with E-state index in [1.165, 1.54) is 30.8 Å². The molecule has 0 atom stereocenters. The van der Waals surface area contributed by atoms with E-state index in [2.05, 4.69) is 26.7 Å². The molecule has 2 rings (SSSR count). The maximum absolute atomic E-state index is 6.08. The Labute approximate surface area is 112 Å². The van der Waals surface area contributed by atoms with Crippen LogP contribution in [0.3, 0.4) is 0 Å². The molecule has 1 fully saturated rings. The average Bonchev–Trinajstić information content (AvgIpc) is 2.76. The molecule has 1 aromatic rings. The fourth-order valence-electron chi connectivity index (χ4n) is 2.33. The van der Waals surface area contributed by atoms with Crippen molar-refractivity contribution in [1.82, 2.24) is 19.8 Å². The Morgan fingerprint density at radius 1 is 1.47 bits per heavy atom. The molecule has 0 aliphatic carbocycles. The molecule has 0 amide bonds. The van der Waals surface area contributed by atoms with Crippen molar-refractivity contribution in [2.75, 3.05) is 19.6 Å². The fourth-order valence-corrected chi connectivity index (χ4v) is 2.95. The van der Waals surface area contributed by atoms with E-state index in [1.54, 1.807) is 0 Å². The maximum Gasteiger partial charge on any atom is 0.138 e. The predicted octanol–water partition coefficient (Wildman–Crippen LogP) is 2.16. The Morgan fingerprint density at radius 3 is 2.82 bits per heavy atom. The van der Waals surface area contributed by atoms with Crippen LogP contribution < -0.4 is 5.32 Å². The second kappa shape index (κ2) is 6.64. The fraction of sp³-hybridized carbons (Fsp3) is 0.818. The van der Waals surface area contributed by atoms with Crippen LogP contribution in [0, 0.1) is 0 Å². The first-order valence-electron chi connectivity index (χ1n) is 6.22. The van der Waals surface area contributed by atoms with Gasteiger partial charge in [-0.1, -0.05) is 23.0 Å². The number of aromatic nitrogens is 2. The van der Waals surface area contributed by atoms with Gasteiger partial charge in [-0.3, -0.25) is 4.90 Å². The van der Waals surface area contributed by atoms with E-state index in [4.69, 9.17) is 11.6 Å². The van der Waals surface area contributed by atoms with E-state index in [0.717, 1.165) is 36.2 Å². The van der Waals surface area contributed by atoms with Gasteiger partial charge in [-0.05, 0) is 38.9 Å². The minimum atomic E-state index is 0.661. The van der Waals surface area contributed by atoms with Crippen molar-refractivity contribution in [1.29, 1.82) is 0 Å². The summed E-state index contributed by atoms with van der Waals surface area (Å²) in [6.45, 7) is 6.41. The summed E-state index contributed by atoms with van der Waals surface area (Å²) >= 11 is 7.35. The molecule has 4 nitrogen and oxygen atoms in total. The number of nitrogens with zero attached hydrogens (tertiary/aromatic N) is 3. The van der Waals surface area contributed by atoms with Crippen LogP contribution in [0.25, 0.3) is 0 Å². The SMILES string of the molecule is CCCN(Cc1nnsc1Cl)C1CCNCC1. The van der Waals surface area contributed by atoms with E-state index in [0.29, 0.717) is 6.04 Å². The number of halogens is 1. The molecule has 0 spiro atoms. The summed E-state index contributed by atoms with van der Waals surface area (Å²) in [4.78, 5) is 2.50. The second-order valence-corrected chi connectivity index (χ2v) is 5.80. The van der Waals surface area contributed by atoms with E-state index < -0.39 is 0 Å². The molecule has 2 heterocycles. The highest BCUT2D eigenvalue weighted by Crippen LogP contribution is 2.22. The third kappa shape index (κ3) is 3.61. The van der Waals surface area contributed by atoms with E-state index in [-0.39, 0.29) is 0 Å². The van der Waals surface area contributed by atoms with Crippen molar-refractivity contribution in [2.45, 2.75) is 38.8 Å². The van der Waals surface area contributed by atoms with Crippen LogP contribution in [0.4, 0.5) is 0 Å². The molecule has 0 unspecified atom stereocenters. The predicted molar refractivity (Wildman–Crippen MR) is 71.5 cm³/mol. The van der Waals surface area contributed by atoms with Crippen LogP contribution in [0.5, 0.6) is 0 Å². The van der Waals surface area contributed by atoms with Gasteiger partial charge in [0.2, 0.25) is 0 Å². The number of hydrogen-bond acceptors (Lipinski definition) is 5. The number of hydrogen-bond donors (Lipinski definition) is 1. The lowest BCUT2D eigenvalue weighted by Crippen LogP contribution is -2.43. The average molecular weight is 275 g/mol. The van der Waals surface area contributed by atoms with Gasteiger partial charge in [-0.25, -0.2) is 0 Å². The van der Waals surface area contributed by atoms with Crippen molar-refractivity contribution in [3.63, 3.8) is 0 Å². The topological polar surface area (TPSA) is 41.1 Å². The lowest BCUT2D eigenvalue weighted by Gasteiger charge is -2.34. The van der Waals surface area contributed by atoms with Crippen molar-refractivity contribution in [3.8, 4) is 0 Å². The standard InChI is InChI=1S/C11H19ClN4S/c1-2-7-16(9-3-5-13-6-4-9)8-10-11(12)17-15-14-10/h9,13H,2-8H2,1H3. The monoisotopic (exact) mass is 274 g/mol. The van der Waals surface area contributed by atoms with Gasteiger partial charge in [0.15, 0.2) is 0 Å². The minimum absolute atomic E-state index is 0.661. The number of nitrogens with one attached hydrogen (secondary N) is 1. The van der Waals surface area contributed by atoms with Gasteiger partial charge in [0.25, 0.3) is 0 Å². The van der Waals surface area contributed by atoms with Crippen LogP contribution in [-0.4, -0.2) is 40.2 Å². The van der Waals surface area contributed by atoms with Gasteiger partial charge in [0.05, 0.1) is 0 Å². The summed E-state index contributed by atoms with van der Waals surface area (Å²) in [5.41, 5.74) is 0.934. The van der Waals surface area contributed by atoms with Gasteiger partial charge < -0.3 is 5.32 Å². The maximum atomic E-state index is 6.08. The lowest BCUT2D eigenvalue weighted by molar-refractivity contribution is 0.152. The Bertz CT molecular complexity index is 338. The Kier molecular flexibility index (Phi) is 5.16. The number of piperidine rings is 1. The molecule has 1 saturated heterocycles. The first-order valence-corrected chi connectivity index (χ1v) is 7.38. The molecule has 17 heavy (non-hydrogen) atoms. The zero-order valence-corrected chi connectivity index (χ0v) is 11.7. The van der Waals surface area contributed by atoms with Gasteiger partial charge in [-0.15, -0.1) is 5.10 Å². The molecule has 0 bridgehead atoms. The smallest absolute Gasteiger partial charge is 0.138 e. The third-order valence-electron chi connectivity index (χ3n) is 3.20. The molecule has 1 aliphatic heterocycles. The number of rotatable bonds is 5. The Balaban J connectivity index is 1.98. The quantitative estimate of drug-likeness (QED) is 0.893. The van der Waals surface area contributed by atoms with Crippen LogP contribution in [0.1, 0.15) is 31.9 Å². The molecule has 6 heteroatoms. The zero-order valence-electron chi connectivity index (χ0n) is 10.2. The zero-order chi connectivity index (χ0) is 12.1. The summed E-state index contributed by atoms with van der Waals surface area (Å²) in [7, 11) is 0. The van der Waals surface area contributed by atoms with Gasteiger partial charge in [0.1, 0.15) is 10.0 Å². The van der Waals surface area contributed by atoms with Crippen molar-refractivity contribution < 1.29 is 0 Å². The van der Waals surface area contributed by atoms with Crippen LogP contribution in [0.2, 0.25) is 4.34 Å². The van der Waals surface area contributed by atoms with E-state index in [9.17, 15) is 0 Å². The van der Waals surface area contributed by atoms with Crippen LogP contribution in [-0.2, 0) is 6.54 Å². The van der Waals surface area contributed by atoms with Crippen LogP contribution >= 0.6 is 23.1 Å². The Morgan fingerprint density at radius 2 is 2.24 bits per heavy atom. The molecular formula is C11H19ClN4S. The molecule has 0 saturated carbocycles. The minimum Gasteiger partial charge on any atom is -0.317 e. The van der Waals surface area contributed by atoms with E-state index >= 15 is 0 Å². The summed E-state index contributed by atoms with van der Waals surface area (Å²) in [5.74, 6) is 0. The van der Waals surface area contributed by atoms with Gasteiger partial charge in [-0.2, -0.15) is 0 Å². The highest BCUT2D eigenvalue weighted by molar-refractivity contribution is 7.10. The summed E-state index contributed by atoms with van der Waals surface area (Å²) in [5, 5.41) is 7.52. The molecule has 96 valence electrons. The molecule has 1 aromatic heterocycles. The van der Waals surface area contributed by atoms with E-state index in [1.807, 2.05) is 0 Å². The van der Waals surface area contributed by atoms with Gasteiger partial charge in [0, 0.05) is 24.1 Å². The summed E-state index contributed by atoms with van der Waals surface area (Å²) < 4.78 is 4.64. The highest BCUT2D eigenvalue weighted by Gasteiger charge is 2.22. The normalized spacial score (nSPS) is 17.8. The second-order valence-electron chi connectivity index (χ2n) is 4.44. The molecular weight excluding hydrogens is 256 g/mol.